The molecule has 2 aromatic carbocycles. The molecule has 3 heterocycles. The minimum absolute atomic E-state index is 0.475. The normalized spacial score (nSPS) is 11.3. The second kappa shape index (κ2) is 7.92. The van der Waals surface area contributed by atoms with Crippen LogP contribution in [0.25, 0.3) is 33.5 Å². The molecule has 5 aromatic rings. The van der Waals surface area contributed by atoms with Crippen LogP contribution >= 0.6 is 0 Å². The third-order valence-corrected chi connectivity index (χ3v) is 4.71. The Morgan fingerprint density at radius 2 is 1.81 bits per heavy atom. The van der Waals surface area contributed by atoms with E-state index in [1.54, 1.807) is 12.4 Å². The summed E-state index contributed by atoms with van der Waals surface area (Å²) in [6.07, 6.45) is 3.33. The van der Waals surface area contributed by atoms with E-state index in [0.717, 1.165) is 40.2 Å². The molecule has 0 aliphatic carbocycles. The van der Waals surface area contributed by atoms with Crippen LogP contribution in [0.3, 0.4) is 0 Å². The Hall–Kier alpha value is -4.18. The molecule has 5 rings (SSSR count). The monoisotopic (exact) mass is 412 g/mol. The van der Waals surface area contributed by atoms with Crippen LogP contribution in [0.4, 0.5) is 11.6 Å². The van der Waals surface area contributed by atoms with E-state index in [9.17, 15) is 0 Å². The first kappa shape index (κ1) is 18.8. The van der Waals surface area contributed by atoms with Crippen LogP contribution in [0, 0.1) is 0 Å². The molecule has 0 aliphatic rings. The number of aromatic amines is 2. The SMILES string of the molecule is CN(C)Cc1nc2c(-c3ccccc3)cc(Nc3ncc(-c4nnn[nH]4)cn3)cc2[nH]1. The Balaban J connectivity index is 1.52. The van der Waals surface area contributed by atoms with Gasteiger partial charge in [0.25, 0.3) is 0 Å². The third kappa shape index (κ3) is 3.96. The summed E-state index contributed by atoms with van der Waals surface area (Å²) in [4.78, 5) is 19.1. The van der Waals surface area contributed by atoms with Gasteiger partial charge in [-0.25, -0.2) is 20.1 Å². The fraction of sp³-hybridized carbons (Fsp3) is 0.143. The average molecular weight is 412 g/mol. The zero-order valence-corrected chi connectivity index (χ0v) is 17.0. The molecule has 0 unspecified atom stereocenters. The lowest BCUT2D eigenvalue weighted by Gasteiger charge is -2.09. The number of H-pyrrole nitrogens is 2. The Labute approximate surface area is 177 Å². The lowest BCUT2D eigenvalue weighted by atomic mass is 10.0. The third-order valence-electron chi connectivity index (χ3n) is 4.71. The van der Waals surface area contributed by atoms with E-state index < -0.39 is 0 Å². The second-order valence-electron chi connectivity index (χ2n) is 7.38. The lowest BCUT2D eigenvalue weighted by molar-refractivity contribution is 0.392. The van der Waals surface area contributed by atoms with Crippen molar-refractivity contribution < 1.29 is 0 Å². The van der Waals surface area contributed by atoms with E-state index in [1.807, 2.05) is 38.4 Å². The molecule has 0 atom stereocenters. The molecule has 0 radical (unpaired) electrons. The number of imidazole rings is 1. The van der Waals surface area contributed by atoms with Gasteiger partial charge in [-0.15, -0.1) is 5.10 Å². The van der Waals surface area contributed by atoms with E-state index in [0.29, 0.717) is 17.3 Å². The van der Waals surface area contributed by atoms with Crippen LogP contribution in [0.1, 0.15) is 5.82 Å². The van der Waals surface area contributed by atoms with Crippen molar-refractivity contribution in [3.05, 3.63) is 60.7 Å². The van der Waals surface area contributed by atoms with Gasteiger partial charge in [-0.05, 0) is 42.2 Å². The van der Waals surface area contributed by atoms with Crippen molar-refractivity contribution in [3.63, 3.8) is 0 Å². The number of benzene rings is 2. The van der Waals surface area contributed by atoms with Gasteiger partial charge in [0.1, 0.15) is 5.82 Å². The van der Waals surface area contributed by atoms with Gasteiger partial charge in [0.15, 0.2) is 5.82 Å². The minimum Gasteiger partial charge on any atom is -0.341 e. The number of nitrogens with one attached hydrogen (secondary N) is 3. The second-order valence-corrected chi connectivity index (χ2v) is 7.38. The molecular weight excluding hydrogens is 392 g/mol. The Bertz CT molecular complexity index is 1290. The number of hydrogen-bond donors (Lipinski definition) is 3. The summed E-state index contributed by atoms with van der Waals surface area (Å²) in [6.45, 7) is 0.729. The predicted molar refractivity (Wildman–Crippen MR) is 117 cm³/mol. The van der Waals surface area contributed by atoms with Gasteiger partial charge < -0.3 is 15.2 Å². The van der Waals surface area contributed by atoms with E-state index in [1.165, 1.54) is 0 Å². The van der Waals surface area contributed by atoms with Gasteiger partial charge in [0.05, 0.1) is 23.1 Å². The number of nitrogens with zero attached hydrogens (tertiary/aromatic N) is 7. The molecular formula is C21H20N10. The molecule has 3 N–H and O–H groups in total. The van der Waals surface area contributed by atoms with Crippen LogP contribution in [-0.2, 0) is 6.54 Å². The number of rotatable bonds is 6. The maximum atomic E-state index is 4.84. The maximum absolute atomic E-state index is 4.84. The molecule has 10 heteroatoms. The fourth-order valence-corrected chi connectivity index (χ4v) is 3.38. The summed E-state index contributed by atoms with van der Waals surface area (Å²) in [7, 11) is 4.04. The minimum atomic E-state index is 0.475. The molecule has 0 saturated heterocycles. The molecule has 0 fully saturated rings. The summed E-state index contributed by atoms with van der Waals surface area (Å²) in [5.41, 5.74) is 5.57. The first-order chi connectivity index (χ1) is 15.2. The molecule has 10 nitrogen and oxygen atoms in total. The van der Waals surface area contributed by atoms with E-state index >= 15 is 0 Å². The number of anilines is 2. The summed E-state index contributed by atoms with van der Waals surface area (Å²) in [5, 5.41) is 17.0. The number of fused-ring (bicyclic) bond motifs is 1. The summed E-state index contributed by atoms with van der Waals surface area (Å²) in [6, 6.07) is 14.3. The largest absolute Gasteiger partial charge is 0.341 e. The van der Waals surface area contributed by atoms with Crippen molar-refractivity contribution in [2.45, 2.75) is 6.54 Å². The maximum Gasteiger partial charge on any atom is 0.227 e. The predicted octanol–water partition coefficient (Wildman–Crippen LogP) is 3.01. The van der Waals surface area contributed by atoms with Crippen LogP contribution in [-0.4, -0.2) is 59.6 Å². The summed E-state index contributed by atoms with van der Waals surface area (Å²) >= 11 is 0. The van der Waals surface area contributed by atoms with Crippen LogP contribution in [0.2, 0.25) is 0 Å². The number of aromatic nitrogens is 8. The molecule has 0 spiro atoms. The first-order valence-corrected chi connectivity index (χ1v) is 9.71. The summed E-state index contributed by atoms with van der Waals surface area (Å²) < 4.78 is 0. The molecule has 0 aliphatic heterocycles. The van der Waals surface area contributed by atoms with Crippen molar-refractivity contribution in [1.29, 1.82) is 0 Å². The van der Waals surface area contributed by atoms with Crippen LogP contribution in [0.5, 0.6) is 0 Å². The first-order valence-electron chi connectivity index (χ1n) is 9.71. The molecule has 0 saturated carbocycles. The average Bonchev–Trinajstić information content (AvgIpc) is 3.44. The highest BCUT2D eigenvalue weighted by Gasteiger charge is 2.13. The van der Waals surface area contributed by atoms with Gasteiger partial charge in [0.2, 0.25) is 5.95 Å². The van der Waals surface area contributed by atoms with Gasteiger partial charge in [0, 0.05) is 23.6 Å². The molecule has 154 valence electrons. The highest BCUT2D eigenvalue weighted by atomic mass is 15.5. The van der Waals surface area contributed by atoms with Crippen LogP contribution < -0.4 is 5.32 Å². The van der Waals surface area contributed by atoms with E-state index in [-0.39, 0.29) is 0 Å². The van der Waals surface area contributed by atoms with Crippen molar-refractivity contribution in [2.24, 2.45) is 0 Å². The zero-order valence-electron chi connectivity index (χ0n) is 17.0. The van der Waals surface area contributed by atoms with Gasteiger partial charge in [-0.3, -0.25) is 0 Å². The van der Waals surface area contributed by atoms with E-state index in [2.05, 4.69) is 64.0 Å². The van der Waals surface area contributed by atoms with Crippen molar-refractivity contribution in [3.8, 4) is 22.5 Å². The smallest absolute Gasteiger partial charge is 0.227 e. The Morgan fingerprint density at radius 1 is 1.00 bits per heavy atom. The standard InChI is InChI=1S/C21H20N10/c1-31(2)12-18-25-17-9-15(8-16(19(17)26-18)13-6-4-3-5-7-13)24-21-22-10-14(11-23-21)20-27-29-30-28-20/h3-11H,12H2,1-2H3,(H,25,26)(H,22,23,24)(H,27,28,29,30). The van der Waals surface area contributed by atoms with Gasteiger partial charge in [-0.2, -0.15) is 0 Å². The quantitative estimate of drug-likeness (QED) is 0.389. The zero-order chi connectivity index (χ0) is 21.2. The fourth-order valence-electron chi connectivity index (χ4n) is 3.38. The number of hydrogen-bond acceptors (Lipinski definition) is 8. The molecule has 3 aromatic heterocycles. The molecule has 0 amide bonds. The molecule has 31 heavy (non-hydrogen) atoms. The van der Waals surface area contributed by atoms with Gasteiger partial charge >= 0.3 is 0 Å². The highest BCUT2D eigenvalue weighted by molar-refractivity contribution is 5.95. The summed E-state index contributed by atoms with van der Waals surface area (Å²) in [5.74, 6) is 1.91. The topological polar surface area (TPSA) is 124 Å². The van der Waals surface area contributed by atoms with Crippen molar-refractivity contribution >= 4 is 22.7 Å². The van der Waals surface area contributed by atoms with Gasteiger partial charge in [-0.1, -0.05) is 30.3 Å². The lowest BCUT2D eigenvalue weighted by Crippen LogP contribution is -2.11. The highest BCUT2D eigenvalue weighted by Crippen LogP contribution is 2.32. The van der Waals surface area contributed by atoms with Crippen molar-refractivity contribution in [1.82, 2.24) is 45.5 Å². The van der Waals surface area contributed by atoms with Crippen LogP contribution in [0.15, 0.2) is 54.9 Å². The Morgan fingerprint density at radius 3 is 2.52 bits per heavy atom. The molecule has 0 bridgehead atoms. The number of tetrazole rings is 1. The van der Waals surface area contributed by atoms with Crippen molar-refractivity contribution in [2.75, 3.05) is 19.4 Å². The Kier molecular flexibility index (Phi) is 4.81. The van der Waals surface area contributed by atoms with E-state index in [4.69, 9.17) is 4.98 Å².